The summed E-state index contributed by atoms with van der Waals surface area (Å²) in [6.07, 6.45) is 4.02. The van der Waals surface area contributed by atoms with Crippen molar-refractivity contribution >= 4 is 18.3 Å². The first-order valence-corrected chi connectivity index (χ1v) is 8.87. The molecule has 0 N–H and O–H groups in total. The average molecular weight is 277 g/mol. The Hall–Kier alpha value is 0.0600. The second kappa shape index (κ2) is 8.21. The summed E-state index contributed by atoms with van der Waals surface area (Å²) in [7, 11) is 0. The van der Waals surface area contributed by atoms with E-state index in [9.17, 15) is 5.26 Å². The minimum atomic E-state index is -2.51. The summed E-state index contributed by atoms with van der Waals surface area (Å²) >= 11 is 5.51. The Morgan fingerprint density at radius 3 is 1.82 bits per heavy atom. The van der Waals surface area contributed by atoms with Gasteiger partial charge in [0.05, 0.1) is 19.3 Å². The molecule has 0 fully saturated rings. The zero-order chi connectivity index (χ0) is 13.4. The Bertz CT molecular complexity index is 285. The van der Waals surface area contributed by atoms with Gasteiger partial charge in [-0.05, 0) is 38.5 Å². The molecule has 0 unspecified atom stereocenters. The van der Waals surface area contributed by atoms with Crippen molar-refractivity contribution in [3.8, 4) is 6.07 Å². The maximum atomic E-state index is 9.19. The van der Waals surface area contributed by atoms with Gasteiger partial charge in [-0.25, -0.2) is 0 Å². The zero-order valence-electron chi connectivity index (χ0n) is 11.4. The summed E-state index contributed by atoms with van der Waals surface area (Å²) in [4.78, 5) is 0. The Balaban J connectivity index is 4.59. The molecule has 0 amide bonds. The lowest BCUT2D eigenvalue weighted by molar-refractivity contribution is 0.231. The Kier molecular flexibility index (Phi) is 8.24. The Labute approximate surface area is 111 Å². The van der Waals surface area contributed by atoms with E-state index in [4.69, 9.17) is 20.9 Å². The quantitative estimate of drug-likeness (QED) is 0.467. The molecule has 0 bridgehead atoms. The minimum Gasteiger partial charge on any atom is -0.328 e. The predicted octanol–water partition coefficient (Wildman–Crippen LogP) is 4.23. The summed E-state index contributed by atoms with van der Waals surface area (Å²) in [5, 5.41) is 8.48. The molecule has 17 heavy (non-hydrogen) atoms. The van der Waals surface area contributed by atoms with Crippen LogP contribution in [-0.4, -0.2) is 18.4 Å². The molecule has 0 rings (SSSR count). The first-order valence-electron chi connectivity index (χ1n) is 6.24. The van der Waals surface area contributed by atoms with Crippen molar-refractivity contribution in [2.45, 2.75) is 58.5 Å². The van der Waals surface area contributed by atoms with E-state index in [2.05, 4.69) is 19.9 Å². The standard InChI is InChI=1S/C12H24NO2PS/c1-5-7-9-14-16(17,12(3,4)11-13)15-10-8-6-2/h5-10H2,1-4H3. The van der Waals surface area contributed by atoms with Gasteiger partial charge in [-0.3, -0.25) is 0 Å². The highest BCUT2D eigenvalue weighted by atomic mass is 32.5. The van der Waals surface area contributed by atoms with Crippen LogP contribution in [0, 0.1) is 11.3 Å². The molecule has 0 saturated carbocycles. The van der Waals surface area contributed by atoms with Gasteiger partial charge in [0.25, 0.3) is 0 Å². The average Bonchev–Trinajstić information content (AvgIpc) is 2.29. The van der Waals surface area contributed by atoms with Gasteiger partial charge in [-0.15, -0.1) is 0 Å². The topological polar surface area (TPSA) is 42.2 Å². The minimum absolute atomic E-state index is 0.588. The molecule has 0 atom stereocenters. The van der Waals surface area contributed by atoms with E-state index in [1.807, 2.05) is 13.8 Å². The molecule has 5 heteroatoms. The van der Waals surface area contributed by atoms with Crippen LogP contribution in [-0.2, 0) is 20.9 Å². The van der Waals surface area contributed by atoms with Crippen LogP contribution in [0.4, 0.5) is 0 Å². The molecule has 0 aliphatic rings. The summed E-state index contributed by atoms with van der Waals surface area (Å²) in [5.74, 6) is 0. The lowest BCUT2D eigenvalue weighted by Gasteiger charge is -2.31. The highest BCUT2D eigenvalue weighted by Gasteiger charge is 2.39. The zero-order valence-corrected chi connectivity index (χ0v) is 13.1. The molecule has 3 nitrogen and oxygen atoms in total. The van der Waals surface area contributed by atoms with Crippen molar-refractivity contribution in [2.24, 2.45) is 0 Å². The number of hydrogen-bond acceptors (Lipinski definition) is 4. The van der Waals surface area contributed by atoms with Gasteiger partial charge < -0.3 is 9.05 Å². The van der Waals surface area contributed by atoms with Gasteiger partial charge in [0.2, 0.25) is 6.49 Å². The van der Waals surface area contributed by atoms with E-state index in [-0.39, 0.29) is 0 Å². The van der Waals surface area contributed by atoms with E-state index < -0.39 is 11.6 Å². The second-order valence-corrected chi connectivity index (χ2v) is 8.61. The molecular formula is C12H24NO2PS. The molecule has 0 aromatic carbocycles. The summed E-state index contributed by atoms with van der Waals surface area (Å²) in [6, 6.07) is 2.23. The summed E-state index contributed by atoms with van der Waals surface area (Å²) < 4.78 is 11.5. The lowest BCUT2D eigenvalue weighted by atomic mass is 10.2. The van der Waals surface area contributed by atoms with Gasteiger partial charge >= 0.3 is 0 Å². The fourth-order valence-electron chi connectivity index (χ4n) is 1.08. The normalized spacial score (nSPS) is 12.4. The van der Waals surface area contributed by atoms with Crippen LogP contribution < -0.4 is 0 Å². The molecule has 0 aliphatic carbocycles. The fourth-order valence-corrected chi connectivity index (χ4v) is 3.23. The summed E-state index contributed by atoms with van der Waals surface area (Å²) in [5.41, 5.74) is 0. The summed E-state index contributed by atoms with van der Waals surface area (Å²) in [6.45, 7) is 6.48. The van der Waals surface area contributed by atoms with Gasteiger partial charge in [0, 0.05) is 0 Å². The van der Waals surface area contributed by atoms with Gasteiger partial charge in [-0.1, -0.05) is 26.7 Å². The van der Waals surface area contributed by atoms with E-state index in [1.165, 1.54) is 0 Å². The number of unbranched alkanes of at least 4 members (excludes halogenated alkanes) is 2. The number of nitrogens with zero attached hydrogens (tertiary/aromatic N) is 1. The number of hydrogen-bond donors (Lipinski definition) is 0. The van der Waals surface area contributed by atoms with E-state index in [0.717, 1.165) is 25.7 Å². The van der Waals surface area contributed by atoms with Gasteiger partial charge in [0.15, 0.2) is 0 Å². The van der Waals surface area contributed by atoms with Crippen molar-refractivity contribution in [3.63, 3.8) is 0 Å². The molecule has 100 valence electrons. The maximum Gasteiger partial charge on any atom is 0.208 e. The Morgan fingerprint density at radius 1 is 1.12 bits per heavy atom. The fraction of sp³-hybridized carbons (Fsp3) is 0.917. The molecular weight excluding hydrogens is 253 g/mol. The van der Waals surface area contributed by atoms with Crippen LogP contribution >= 0.6 is 6.49 Å². The third kappa shape index (κ3) is 5.48. The van der Waals surface area contributed by atoms with Gasteiger partial charge in [-0.2, -0.15) is 5.26 Å². The van der Waals surface area contributed by atoms with Crippen molar-refractivity contribution in [3.05, 3.63) is 0 Å². The van der Waals surface area contributed by atoms with Crippen LogP contribution in [0.3, 0.4) is 0 Å². The highest BCUT2D eigenvalue weighted by Crippen LogP contribution is 2.60. The van der Waals surface area contributed by atoms with Crippen LogP contribution in [0.1, 0.15) is 53.4 Å². The lowest BCUT2D eigenvalue weighted by Crippen LogP contribution is -2.21. The van der Waals surface area contributed by atoms with E-state index >= 15 is 0 Å². The van der Waals surface area contributed by atoms with Crippen LogP contribution in [0.15, 0.2) is 0 Å². The second-order valence-electron chi connectivity index (χ2n) is 4.54. The van der Waals surface area contributed by atoms with Crippen LogP contribution in [0.25, 0.3) is 0 Å². The van der Waals surface area contributed by atoms with Crippen molar-refractivity contribution in [1.29, 1.82) is 5.26 Å². The number of nitriles is 1. The molecule has 0 saturated heterocycles. The Morgan fingerprint density at radius 2 is 1.53 bits per heavy atom. The SMILES string of the molecule is CCCCOP(=S)(OCCCC)C(C)(C)C#N. The maximum absolute atomic E-state index is 9.19. The molecule has 0 aliphatic heterocycles. The molecule has 0 spiro atoms. The predicted molar refractivity (Wildman–Crippen MR) is 75.7 cm³/mol. The highest BCUT2D eigenvalue weighted by molar-refractivity contribution is 8.10. The van der Waals surface area contributed by atoms with Crippen molar-refractivity contribution < 1.29 is 9.05 Å². The first kappa shape index (κ1) is 17.1. The molecule has 0 heterocycles. The van der Waals surface area contributed by atoms with Crippen LogP contribution in [0.2, 0.25) is 0 Å². The largest absolute Gasteiger partial charge is 0.328 e. The molecule has 0 aromatic rings. The van der Waals surface area contributed by atoms with Gasteiger partial charge in [0.1, 0.15) is 5.16 Å². The van der Waals surface area contributed by atoms with Crippen LogP contribution in [0.5, 0.6) is 0 Å². The third-order valence-corrected chi connectivity index (χ3v) is 6.99. The van der Waals surface area contributed by atoms with E-state index in [1.54, 1.807) is 0 Å². The first-order chi connectivity index (χ1) is 7.93. The third-order valence-electron chi connectivity index (χ3n) is 2.48. The smallest absolute Gasteiger partial charge is 0.208 e. The van der Waals surface area contributed by atoms with E-state index in [0.29, 0.717) is 13.2 Å². The molecule has 0 radical (unpaired) electrons. The molecule has 0 aromatic heterocycles. The number of rotatable bonds is 9. The monoisotopic (exact) mass is 277 g/mol. The van der Waals surface area contributed by atoms with Crippen molar-refractivity contribution in [1.82, 2.24) is 0 Å². The van der Waals surface area contributed by atoms with Crippen molar-refractivity contribution in [2.75, 3.05) is 13.2 Å².